The van der Waals surface area contributed by atoms with Gasteiger partial charge in [0.05, 0.1) is 22.5 Å². The molecule has 0 saturated carbocycles. The van der Waals surface area contributed by atoms with Crippen LogP contribution in [-0.4, -0.2) is 46.2 Å². The number of fused-ring (bicyclic) bond motifs is 1. The highest BCUT2D eigenvalue weighted by Crippen LogP contribution is 2.27. The number of nitrogens with zero attached hydrogens (tertiary/aromatic N) is 1. The number of carbonyl (C=O) groups is 1. The van der Waals surface area contributed by atoms with E-state index in [1.54, 1.807) is 0 Å². The number of rotatable bonds is 6. The lowest BCUT2D eigenvalue weighted by molar-refractivity contribution is -0.120. The number of benzene rings is 2. The first-order valence-electron chi connectivity index (χ1n) is 8.03. The summed E-state index contributed by atoms with van der Waals surface area (Å²) < 4.78 is 54.3. The Balaban J connectivity index is 2.01. The molecule has 0 aliphatic carbocycles. The van der Waals surface area contributed by atoms with Crippen LogP contribution in [0.15, 0.2) is 52.3 Å². The van der Waals surface area contributed by atoms with Crippen LogP contribution < -0.4 is 9.50 Å². The minimum Gasteiger partial charge on any atom is -0.379 e. The highest BCUT2D eigenvalue weighted by molar-refractivity contribution is 7.92. The van der Waals surface area contributed by atoms with Gasteiger partial charge in [0.1, 0.15) is 10.6 Å². The molecule has 0 spiro atoms. The fourth-order valence-electron chi connectivity index (χ4n) is 2.61. The maximum absolute atomic E-state index is 12.7. The van der Waals surface area contributed by atoms with Crippen molar-refractivity contribution >= 4 is 36.8 Å². The van der Waals surface area contributed by atoms with Gasteiger partial charge in [0, 0.05) is 18.7 Å². The molecule has 0 radical (unpaired) electrons. The van der Waals surface area contributed by atoms with Crippen LogP contribution in [0.5, 0.6) is 5.75 Å². The zero-order valence-electron chi connectivity index (χ0n) is 15.0. The SMILES string of the molecule is CNC(=O)Cc1[nH]nc2ccc(OS(=O)(=O)c3ccccc3S(C)(=O)=O)cc12. The van der Waals surface area contributed by atoms with Crippen molar-refractivity contribution in [3.05, 3.63) is 48.2 Å². The Kier molecular flexibility index (Phi) is 5.13. The number of likely N-dealkylation sites (N-methyl/N-ethyl adjacent to an activating group) is 1. The molecule has 1 heterocycles. The number of nitrogens with one attached hydrogen (secondary N) is 2. The van der Waals surface area contributed by atoms with E-state index in [4.69, 9.17) is 4.18 Å². The Labute approximate surface area is 161 Å². The lowest BCUT2D eigenvalue weighted by Gasteiger charge is -2.10. The van der Waals surface area contributed by atoms with Gasteiger partial charge in [-0.25, -0.2) is 8.42 Å². The van der Waals surface area contributed by atoms with Gasteiger partial charge in [-0.1, -0.05) is 12.1 Å². The van der Waals surface area contributed by atoms with Crippen molar-refractivity contribution in [2.45, 2.75) is 16.2 Å². The van der Waals surface area contributed by atoms with Crippen LogP contribution in [-0.2, 0) is 31.2 Å². The molecule has 2 aromatic carbocycles. The van der Waals surface area contributed by atoms with Crippen molar-refractivity contribution in [2.24, 2.45) is 0 Å². The van der Waals surface area contributed by atoms with Crippen molar-refractivity contribution in [3.63, 3.8) is 0 Å². The average Bonchev–Trinajstić information content (AvgIpc) is 3.02. The number of hydrogen-bond donors (Lipinski definition) is 2. The van der Waals surface area contributed by atoms with Gasteiger partial charge in [-0.3, -0.25) is 9.89 Å². The molecular weight excluding hydrogens is 406 g/mol. The molecule has 0 fully saturated rings. The normalized spacial score (nSPS) is 12.1. The summed E-state index contributed by atoms with van der Waals surface area (Å²) in [6.07, 6.45) is 0.948. The van der Waals surface area contributed by atoms with Crippen molar-refractivity contribution < 1.29 is 25.8 Å². The summed E-state index contributed by atoms with van der Waals surface area (Å²) in [5.41, 5.74) is 1.02. The second kappa shape index (κ2) is 7.24. The first kappa shape index (κ1) is 19.8. The van der Waals surface area contributed by atoms with Crippen LogP contribution in [0, 0.1) is 0 Å². The first-order chi connectivity index (χ1) is 13.1. The van der Waals surface area contributed by atoms with E-state index in [0.717, 1.165) is 6.26 Å². The van der Waals surface area contributed by atoms with Gasteiger partial charge in [0.2, 0.25) is 5.91 Å². The number of H-pyrrole nitrogens is 1. The summed E-state index contributed by atoms with van der Waals surface area (Å²) in [5.74, 6) is -0.276. The van der Waals surface area contributed by atoms with Crippen LogP contribution in [0.2, 0.25) is 0 Å². The molecule has 11 heteroatoms. The second-order valence-electron chi connectivity index (χ2n) is 5.99. The smallest absolute Gasteiger partial charge is 0.340 e. The lowest BCUT2D eigenvalue weighted by atomic mass is 10.1. The monoisotopic (exact) mass is 423 g/mol. The molecular formula is C17H17N3O6S2. The molecule has 28 heavy (non-hydrogen) atoms. The molecule has 0 unspecified atom stereocenters. The van der Waals surface area contributed by atoms with Crippen molar-refractivity contribution in [1.82, 2.24) is 15.5 Å². The molecule has 2 N–H and O–H groups in total. The standard InChI is InChI=1S/C17H17N3O6S2/c1-18-17(21)10-14-12-9-11(7-8-13(12)19-20-14)26-28(24,25)16-6-4-3-5-15(16)27(2,22)23/h3-9H,10H2,1-2H3,(H,18,21)(H,19,20). The molecule has 1 aromatic heterocycles. The third kappa shape index (κ3) is 3.99. The fraction of sp³-hybridized carbons (Fsp3) is 0.176. The third-order valence-electron chi connectivity index (χ3n) is 3.94. The highest BCUT2D eigenvalue weighted by Gasteiger charge is 2.25. The third-order valence-corrected chi connectivity index (χ3v) is 6.54. The predicted molar refractivity (Wildman–Crippen MR) is 101 cm³/mol. The number of aromatic nitrogens is 2. The number of amides is 1. The average molecular weight is 423 g/mol. The fourth-order valence-corrected chi connectivity index (χ4v) is 5.14. The zero-order valence-corrected chi connectivity index (χ0v) is 16.6. The van der Waals surface area contributed by atoms with E-state index in [-0.39, 0.29) is 23.0 Å². The molecule has 148 valence electrons. The van der Waals surface area contributed by atoms with Gasteiger partial charge in [0.25, 0.3) is 0 Å². The van der Waals surface area contributed by atoms with Gasteiger partial charge in [-0.15, -0.1) is 0 Å². The van der Waals surface area contributed by atoms with E-state index in [0.29, 0.717) is 16.6 Å². The van der Waals surface area contributed by atoms with E-state index < -0.39 is 24.9 Å². The maximum atomic E-state index is 12.7. The van der Waals surface area contributed by atoms with Gasteiger partial charge >= 0.3 is 10.1 Å². The Bertz CT molecular complexity index is 1260. The lowest BCUT2D eigenvalue weighted by Crippen LogP contribution is -2.20. The zero-order chi connectivity index (χ0) is 20.5. The summed E-state index contributed by atoms with van der Waals surface area (Å²) in [5, 5.41) is 9.81. The number of aromatic amines is 1. The van der Waals surface area contributed by atoms with Crippen molar-refractivity contribution in [2.75, 3.05) is 13.3 Å². The van der Waals surface area contributed by atoms with Crippen molar-refractivity contribution in [3.8, 4) is 5.75 Å². The minimum absolute atomic E-state index is 0.0279. The van der Waals surface area contributed by atoms with Gasteiger partial charge in [0.15, 0.2) is 9.84 Å². The summed E-state index contributed by atoms with van der Waals surface area (Å²) in [4.78, 5) is 10.8. The van der Waals surface area contributed by atoms with Crippen LogP contribution in [0.4, 0.5) is 0 Å². The summed E-state index contributed by atoms with van der Waals surface area (Å²) >= 11 is 0. The van der Waals surface area contributed by atoms with E-state index in [2.05, 4.69) is 15.5 Å². The summed E-state index contributed by atoms with van der Waals surface area (Å²) in [7, 11) is -6.68. The quantitative estimate of drug-likeness (QED) is 0.565. The largest absolute Gasteiger partial charge is 0.379 e. The number of carbonyl (C=O) groups excluding carboxylic acids is 1. The van der Waals surface area contributed by atoms with Crippen molar-refractivity contribution in [1.29, 1.82) is 0 Å². The second-order valence-corrected chi connectivity index (χ2v) is 9.49. The number of hydrogen-bond acceptors (Lipinski definition) is 7. The molecule has 0 atom stereocenters. The first-order valence-corrected chi connectivity index (χ1v) is 11.3. The van der Waals surface area contributed by atoms with E-state index in [1.165, 1.54) is 49.5 Å². The van der Waals surface area contributed by atoms with Crippen LogP contribution in [0.25, 0.3) is 10.9 Å². The Hall–Kier alpha value is -2.92. The Morgan fingerprint density at radius 1 is 1.11 bits per heavy atom. The van der Waals surface area contributed by atoms with E-state index in [1.807, 2.05) is 0 Å². The molecule has 9 nitrogen and oxygen atoms in total. The predicted octanol–water partition coefficient (Wildman–Crippen LogP) is 1.02. The van der Waals surface area contributed by atoms with E-state index >= 15 is 0 Å². The highest BCUT2D eigenvalue weighted by atomic mass is 32.2. The topological polar surface area (TPSA) is 135 Å². The van der Waals surface area contributed by atoms with Gasteiger partial charge in [-0.05, 0) is 30.3 Å². The Morgan fingerprint density at radius 3 is 2.43 bits per heavy atom. The summed E-state index contributed by atoms with van der Waals surface area (Å²) in [6, 6.07) is 9.56. The van der Waals surface area contributed by atoms with E-state index in [9.17, 15) is 21.6 Å². The van der Waals surface area contributed by atoms with Crippen LogP contribution in [0.1, 0.15) is 5.69 Å². The molecule has 0 aliphatic heterocycles. The molecule has 0 saturated heterocycles. The van der Waals surface area contributed by atoms with Gasteiger partial charge in [-0.2, -0.15) is 13.5 Å². The molecule has 3 aromatic rings. The molecule has 0 bridgehead atoms. The minimum atomic E-state index is -4.41. The van der Waals surface area contributed by atoms with Crippen LogP contribution in [0.3, 0.4) is 0 Å². The molecule has 3 rings (SSSR count). The molecule has 1 amide bonds. The maximum Gasteiger partial charge on any atom is 0.340 e. The number of sulfone groups is 1. The summed E-state index contributed by atoms with van der Waals surface area (Å²) in [6.45, 7) is 0. The Morgan fingerprint density at radius 2 is 1.79 bits per heavy atom. The molecule has 0 aliphatic rings. The van der Waals surface area contributed by atoms with Crippen LogP contribution >= 0.6 is 0 Å². The van der Waals surface area contributed by atoms with Gasteiger partial charge < -0.3 is 9.50 Å².